The van der Waals surface area contributed by atoms with Crippen LogP contribution in [0.1, 0.15) is 116 Å². The first-order valence-corrected chi connectivity index (χ1v) is 11.2. The first-order chi connectivity index (χ1) is 13.5. The lowest BCUT2D eigenvalue weighted by Gasteiger charge is -2.11. The number of carboxylic acids is 2. The molecule has 0 unspecified atom stereocenters. The Bertz CT molecular complexity index is 425. The number of hydrogen-bond acceptors (Lipinski definition) is 3. The third kappa shape index (κ3) is 17.8. The second-order valence-electron chi connectivity index (χ2n) is 7.71. The van der Waals surface area contributed by atoms with E-state index in [-0.39, 0.29) is 5.91 Å². The molecule has 0 fully saturated rings. The standard InChI is InChI=1S/C22H41NO5/c1-2-19(22(27)28)23-20(24)17-15-13-11-9-7-5-3-4-6-8-10-12-14-16-18-21(25)26/h19H,2-18H2,1H3,(H,23,24)(H,25,26)(H,27,28)/t19-/m0/s1. The number of nitrogens with one attached hydrogen (secondary N) is 1. The molecule has 0 aliphatic rings. The summed E-state index contributed by atoms with van der Waals surface area (Å²) in [5.41, 5.74) is 0. The molecule has 0 radical (unpaired) electrons. The number of hydrogen-bond donors (Lipinski definition) is 3. The highest BCUT2D eigenvalue weighted by Crippen LogP contribution is 2.13. The molecule has 1 amide bonds. The van der Waals surface area contributed by atoms with Gasteiger partial charge >= 0.3 is 11.9 Å². The van der Waals surface area contributed by atoms with Crippen LogP contribution in [0.3, 0.4) is 0 Å². The first kappa shape index (κ1) is 26.4. The van der Waals surface area contributed by atoms with E-state index in [1.165, 1.54) is 51.4 Å². The zero-order chi connectivity index (χ0) is 21.0. The second kappa shape index (κ2) is 18.8. The van der Waals surface area contributed by atoms with Crippen molar-refractivity contribution in [2.45, 2.75) is 122 Å². The molecule has 0 bridgehead atoms. The third-order valence-electron chi connectivity index (χ3n) is 5.09. The Morgan fingerprint density at radius 2 is 1.00 bits per heavy atom. The van der Waals surface area contributed by atoms with Gasteiger partial charge in [-0.15, -0.1) is 0 Å². The minimum absolute atomic E-state index is 0.156. The Hall–Kier alpha value is -1.59. The SMILES string of the molecule is CC[C@H](NC(=O)CCCCCCCCCCCCCCCCC(=O)O)C(=O)O. The molecule has 0 rings (SSSR count). The Morgan fingerprint density at radius 1 is 0.643 bits per heavy atom. The minimum Gasteiger partial charge on any atom is -0.481 e. The first-order valence-electron chi connectivity index (χ1n) is 11.2. The van der Waals surface area contributed by atoms with Gasteiger partial charge in [0.15, 0.2) is 0 Å². The van der Waals surface area contributed by atoms with E-state index in [1.54, 1.807) is 6.92 Å². The van der Waals surface area contributed by atoms with Crippen molar-refractivity contribution in [3.8, 4) is 0 Å². The molecule has 28 heavy (non-hydrogen) atoms. The lowest BCUT2D eigenvalue weighted by atomic mass is 10.0. The summed E-state index contributed by atoms with van der Waals surface area (Å²) in [6.45, 7) is 1.75. The van der Waals surface area contributed by atoms with Crippen molar-refractivity contribution in [2.75, 3.05) is 0 Å². The molecule has 0 spiro atoms. The van der Waals surface area contributed by atoms with Gasteiger partial charge in [0.05, 0.1) is 0 Å². The van der Waals surface area contributed by atoms with E-state index in [0.717, 1.165) is 38.5 Å². The van der Waals surface area contributed by atoms with E-state index < -0.39 is 18.0 Å². The molecule has 0 aliphatic heterocycles. The van der Waals surface area contributed by atoms with Gasteiger partial charge in [0.2, 0.25) is 5.91 Å². The van der Waals surface area contributed by atoms with E-state index in [0.29, 0.717) is 19.3 Å². The summed E-state index contributed by atoms with van der Waals surface area (Å²) in [5, 5.41) is 20.0. The average Bonchev–Trinajstić information content (AvgIpc) is 2.65. The molecule has 1 atom stereocenters. The van der Waals surface area contributed by atoms with Crippen LogP contribution < -0.4 is 5.32 Å². The number of rotatable bonds is 20. The van der Waals surface area contributed by atoms with Crippen LogP contribution in [-0.4, -0.2) is 34.1 Å². The van der Waals surface area contributed by atoms with Crippen molar-refractivity contribution in [3.05, 3.63) is 0 Å². The minimum atomic E-state index is -0.966. The van der Waals surface area contributed by atoms with E-state index in [9.17, 15) is 14.4 Å². The maximum absolute atomic E-state index is 11.7. The molecular weight excluding hydrogens is 358 g/mol. The smallest absolute Gasteiger partial charge is 0.326 e. The third-order valence-corrected chi connectivity index (χ3v) is 5.09. The molecule has 0 aromatic heterocycles. The molecule has 164 valence electrons. The maximum Gasteiger partial charge on any atom is 0.326 e. The number of aliphatic carboxylic acids is 2. The highest BCUT2D eigenvalue weighted by atomic mass is 16.4. The van der Waals surface area contributed by atoms with Crippen molar-refractivity contribution in [2.24, 2.45) is 0 Å². The highest BCUT2D eigenvalue weighted by molar-refractivity contribution is 5.83. The van der Waals surface area contributed by atoms with E-state index in [1.807, 2.05) is 0 Å². The maximum atomic E-state index is 11.7. The van der Waals surface area contributed by atoms with E-state index in [4.69, 9.17) is 10.2 Å². The summed E-state index contributed by atoms with van der Waals surface area (Å²) >= 11 is 0. The van der Waals surface area contributed by atoms with Crippen molar-refractivity contribution < 1.29 is 24.6 Å². The number of carbonyl (C=O) groups is 3. The zero-order valence-electron chi connectivity index (χ0n) is 17.7. The van der Waals surface area contributed by atoms with Crippen LogP contribution >= 0.6 is 0 Å². The molecule has 3 N–H and O–H groups in total. The van der Waals surface area contributed by atoms with E-state index >= 15 is 0 Å². The lowest BCUT2D eigenvalue weighted by molar-refractivity contribution is -0.142. The molecule has 6 nitrogen and oxygen atoms in total. The van der Waals surface area contributed by atoms with Crippen LogP contribution in [0.15, 0.2) is 0 Å². The summed E-state index contributed by atoms with van der Waals surface area (Å²) in [7, 11) is 0. The summed E-state index contributed by atoms with van der Waals surface area (Å²) in [6.07, 6.45) is 17.2. The van der Waals surface area contributed by atoms with Crippen LogP contribution in [-0.2, 0) is 14.4 Å². The topological polar surface area (TPSA) is 104 Å². The van der Waals surface area contributed by atoms with Crippen LogP contribution in [0.4, 0.5) is 0 Å². The predicted molar refractivity (Wildman–Crippen MR) is 111 cm³/mol. The summed E-state index contributed by atoms with van der Waals surface area (Å²) in [4.78, 5) is 32.9. The zero-order valence-corrected chi connectivity index (χ0v) is 17.7. The Morgan fingerprint density at radius 3 is 1.32 bits per heavy atom. The van der Waals surface area contributed by atoms with Gasteiger partial charge < -0.3 is 15.5 Å². The fourth-order valence-corrected chi connectivity index (χ4v) is 3.29. The number of amides is 1. The van der Waals surface area contributed by atoms with Crippen molar-refractivity contribution in [1.29, 1.82) is 0 Å². The molecule has 0 aromatic rings. The fourth-order valence-electron chi connectivity index (χ4n) is 3.29. The van der Waals surface area contributed by atoms with Crippen molar-refractivity contribution >= 4 is 17.8 Å². The van der Waals surface area contributed by atoms with Gasteiger partial charge in [-0.05, 0) is 19.3 Å². The number of unbranched alkanes of at least 4 members (excludes halogenated alkanes) is 13. The predicted octanol–water partition coefficient (Wildman–Crippen LogP) is 5.29. The molecule has 0 aromatic carbocycles. The van der Waals surface area contributed by atoms with Gasteiger partial charge in [-0.2, -0.15) is 0 Å². The highest BCUT2D eigenvalue weighted by Gasteiger charge is 2.16. The lowest BCUT2D eigenvalue weighted by Crippen LogP contribution is -2.40. The van der Waals surface area contributed by atoms with Gasteiger partial charge in [-0.1, -0.05) is 84.0 Å². The quantitative estimate of drug-likeness (QED) is 0.241. The summed E-state index contributed by atoms with van der Waals surface area (Å²) in [5.74, 6) is -1.81. The van der Waals surface area contributed by atoms with Crippen molar-refractivity contribution in [1.82, 2.24) is 5.32 Å². The molecule has 6 heteroatoms. The monoisotopic (exact) mass is 399 g/mol. The Labute approximate surface area is 170 Å². The van der Waals surface area contributed by atoms with Gasteiger partial charge in [-0.25, -0.2) is 4.79 Å². The molecular formula is C22H41NO5. The molecule has 0 aliphatic carbocycles. The summed E-state index contributed by atoms with van der Waals surface area (Å²) < 4.78 is 0. The van der Waals surface area contributed by atoms with Gasteiger partial charge in [0, 0.05) is 12.8 Å². The largest absolute Gasteiger partial charge is 0.481 e. The normalized spacial score (nSPS) is 11.9. The van der Waals surface area contributed by atoms with Crippen molar-refractivity contribution in [3.63, 3.8) is 0 Å². The van der Waals surface area contributed by atoms with Gasteiger partial charge in [0.1, 0.15) is 6.04 Å². The Kier molecular flexibility index (Phi) is 17.7. The summed E-state index contributed by atoms with van der Waals surface area (Å²) in [6, 6.07) is -0.760. The van der Waals surface area contributed by atoms with E-state index in [2.05, 4.69) is 5.32 Å². The van der Waals surface area contributed by atoms with Gasteiger partial charge in [0.25, 0.3) is 0 Å². The molecule has 0 saturated carbocycles. The number of carbonyl (C=O) groups excluding carboxylic acids is 1. The average molecular weight is 400 g/mol. The van der Waals surface area contributed by atoms with Crippen LogP contribution in [0.25, 0.3) is 0 Å². The van der Waals surface area contributed by atoms with Crippen LogP contribution in [0.2, 0.25) is 0 Å². The van der Waals surface area contributed by atoms with Crippen LogP contribution in [0.5, 0.6) is 0 Å². The van der Waals surface area contributed by atoms with Crippen LogP contribution in [0, 0.1) is 0 Å². The van der Waals surface area contributed by atoms with Gasteiger partial charge in [-0.3, -0.25) is 9.59 Å². The second-order valence-corrected chi connectivity index (χ2v) is 7.71. The molecule has 0 saturated heterocycles. The Balaban J connectivity index is 3.26. The fraction of sp³-hybridized carbons (Fsp3) is 0.864. The molecule has 0 heterocycles. The number of carboxylic acid groups (broad SMARTS) is 2.